The number of carbonyl (C=O) groups is 2. The van der Waals surface area contributed by atoms with Crippen LogP contribution in [-0.2, 0) is 9.59 Å². The molecule has 0 amide bonds. The molecule has 7 heavy (non-hydrogen) atoms. The third-order valence-electron chi connectivity index (χ3n) is 0. The van der Waals surface area contributed by atoms with E-state index in [9.17, 15) is 0 Å². The number of halogens is 1. The fourth-order valence-corrected chi connectivity index (χ4v) is 0. The Balaban J connectivity index is -0.0000000480. The third kappa shape index (κ3) is 197. The molecule has 0 fully saturated rings. The lowest BCUT2D eigenvalue weighted by Crippen LogP contribution is -1.78. The van der Waals surface area contributed by atoms with Crippen LogP contribution in [0.2, 0.25) is 0 Å². The summed E-state index contributed by atoms with van der Waals surface area (Å²) in [5, 5.41) is 7.42. The van der Waals surface area contributed by atoms with E-state index in [1.54, 1.807) is 0 Å². The first-order valence-corrected chi connectivity index (χ1v) is 1.22. The Bertz CT molecular complexity index is 41.4. The minimum Gasteiger partial charge on any atom is -0.481 e. The van der Waals surface area contributed by atoms with Gasteiger partial charge in [0.15, 0.2) is 0 Å². The van der Waals surface area contributed by atoms with Crippen molar-refractivity contribution in [3.8, 4) is 0 Å². The smallest absolute Gasteiger partial charge is 0.300 e. The number of rotatable bonds is 0. The van der Waals surface area contributed by atoms with Crippen LogP contribution in [0.15, 0.2) is 0 Å². The Morgan fingerprint density at radius 1 is 1.57 bits per heavy atom. The Morgan fingerprint density at radius 3 is 1.57 bits per heavy atom. The fourth-order valence-electron chi connectivity index (χ4n) is 0. The monoisotopic (exact) mass is 126 g/mol. The highest BCUT2D eigenvalue weighted by molar-refractivity contribution is 5.85. The maximum Gasteiger partial charge on any atom is 0.300 e. The van der Waals surface area contributed by atoms with Crippen molar-refractivity contribution in [2.75, 3.05) is 0 Å². The van der Waals surface area contributed by atoms with E-state index in [4.69, 9.17) is 14.7 Å². The molecule has 0 heterocycles. The standard InChI is InChI=1S/C2H4O2.CH2O.ClH/c1-2(3)4;1-2;/h1H3,(H,3,4);1H2;1H. The molecule has 0 aliphatic carbocycles. The minimum atomic E-state index is -0.833. The molecule has 0 unspecified atom stereocenters. The van der Waals surface area contributed by atoms with Crippen LogP contribution < -0.4 is 0 Å². The number of carbonyl (C=O) groups excluding carboxylic acids is 1. The summed E-state index contributed by atoms with van der Waals surface area (Å²) >= 11 is 0. The van der Waals surface area contributed by atoms with Gasteiger partial charge in [-0.05, 0) is 0 Å². The van der Waals surface area contributed by atoms with Gasteiger partial charge in [0, 0.05) is 6.92 Å². The highest BCUT2D eigenvalue weighted by Gasteiger charge is 1.65. The van der Waals surface area contributed by atoms with Crippen molar-refractivity contribution in [2.45, 2.75) is 6.92 Å². The van der Waals surface area contributed by atoms with Crippen molar-refractivity contribution < 1.29 is 14.7 Å². The molecular formula is C3H7ClO3. The van der Waals surface area contributed by atoms with E-state index in [1.807, 2.05) is 6.79 Å². The van der Waals surface area contributed by atoms with Gasteiger partial charge in [-0.25, -0.2) is 0 Å². The molecule has 0 bridgehead atoms. The summed E-state index contributed by atoms with van der Waals surface area (Å²) in [5.41, 5.74) is 0. The molecule has 0 aliphatic heterocycles. The van der Waals surface area contributed by atoms with E-state index in [2.05, 4.69) is 0 Å². The van der Waals surface area contributed by atoms with Crippen LogP contribution in [0.1, 0.15) is 6.92 Å². The van der Waals surface area contributed by atoms with Crippen molar-refractivity contribution in [2.24, 2.45) is 0 Å². The van der Waals surface area contributed by atoms with Crippen molar-refractivity contribution in [1.82, 2.24) is 0 Å². The van der Waals surface area contributed by atoms with Gasteiger partial charge < -0.3 is 9.90 Å². The van der Waals surface area contributed by atoms with E-state index in [0.717, 1.165) is 6.92 Å². The molecule has 0 radical (unpaired) electrons. The normalized spacial score (nSPS) is 4.14. The molecule has 0 atom stereocenters. The second kappa shape index (κ2) is 18.0. The van der Waals surface area contributed by atoms with Crippen LogP contribution in [0, 0.1) is 0 Å². The summed E-state index contributed by atoms with van der Waals surface area (Å²) in [5.74, 6) is -0.833. The predicted octanol–water partition coefficient (Wildman–Crippen LogP) is 0.328. The lowest BCUT2D eigenvalue weighted by atomic mass is 10.9. The Morgan fingerprint density at radius 2 is 1.57 bits per heavy atom. The zero-order valence-electron chi connectivity index (χ0n) is 3.88. The van der Waals surface area contributed by atoms with Crippen LogP contribution in [0.3, 0.4) is 0 Å². The summed E-state index contributed by atoms with van der Waals surface area (Å²) in [6.07, 6.45) is 0. The maximum atomic E-state index is 9.00. The Hall–Kier alpha value is -0.570. The first-order chi connectivity index (χ1) is 2.73. The summed E-state index contributed by atoms with van der Waals surface area (Å²) in [4.78, 5) is 17.0. The number of carboxylic acid groups (broad SMARTS) is 1. The molecule has 0 aromatic heterocycles. The predicted molar refractivity (Wildman–Crippen MR) is 27.7 cm³/mol. The van der Waals surface area contributed by atoms with Crippen LogP contribution in [0.4, 0.5) is 0 Å². The second-order valence-electron chi connectivity index (χ2n) is 0.519. The maximum absolute atomic E-state index is 9.00. The second-order valence-corrected chi connectivity index (χ2v) is 0.519. The molecule has 0 rings (SSSR count). The number of hydrogen-bond acceptors (Lipinski definition) is 2. The van der Waals surface area contributed by atoms with E-state index in [0.29, 0.717) is 0 Å². The van der Waals surface area contributed by atoms with Crippen molar-refractivity contribution in [3.63, 3.8) is 0 Å². The minimum absolute atomic E-state index is 0. The molecular weight excluding hydrogens is 119 g/mol. The zero-order chi connectivity index (χ0) is 5.58. The van der Waals surface area contributed by atoms with Gasteiger partial charge >= 0.3 is 0 Å². The third-order valence-corrected chi connectivity index (χ3v) is 0. The van der Waals surface area contributed by atoms with Crippen LogP contribution in [0.25, 0.3) is 0 Å². The quantitative estimate of drug-likeness (QED) is 0.509. The number of aliphatic carboxylic acids is 1. The number of carboxylic acids is 1. The van der Waals surface area contributed by atoms with E-state index >= 15 is 0 Å². The molecule has 4 heteroatoms. The number of hydrogen-bond donors (Lipinski definition) is 1. The van der Waals surface area contributed by atoms with Crippen LogP contribution >= 0.6 is 12.4 Å². The molecule has 0 saturated heterocycles. The van der Waals surface area contributed by atoms with Gasteiger partial charge in [-0.15, -0.1) is 12.4 Å². The highest BCUT2D eigenvalue weighted by Crippen LogP contribution is 1.42. The zero-order valence-corrected chi connectivity index (χ0v) is 4.70. The molecule has 0 saturated carbocycles. The van der Waals surface area contributed by atoms with Crippen molar-refractivity contribution >= 4 is 25.2 Å². The highest BCUT2D eigenvalue weighted by atomic mass is 35.5. The molecule has 1 N–H and O–H groups in total. The van der Waals surface area contributed by atoms with Gasteiger partial charge in [-0.1, -0.05) is 0 Å². The molecule has 0 aromatic rings. The fraction of sp³-hybridized carbons (Fsp3) is 0.333. The average Bonchev–Trinajstić information content (AvgIpc) is 1.41. The van der Waals surface area contributed by atoms with Crippen LogP contribution in [-0.4, -0.2) is 17.9 Å². The molecule has 0 aliphatic rings. The van der Waals surface area contributed by atoms with E-state index < -0.39 is 5.97 Å². The SMILES string of the molecule is C=O.CC(=O)O.Cl. The average molecular weight is 127 g/mol. The first kappa shape index (κ1) is 16.1. The summed E-state index contributed by atoms with van der Waals surface area (Å²) < 4.78 is 0. The van der Waals surface area contributed by atoms with Gasteiger partial charge in [-0.2, -0.15) is 0 Å². The van der Waals surface area contributed by atoms with Gasteiger partial charge in [-0.3, -0.25) is 4.79 Å². The molecule has 0 spiro atoms. The van der Waals surface area contributed by atoms with Crippen molar-refractivity contribution in [3.05, 3.63) is 0 Å². The summed E-state index contributed by atoms with van der Waals surface area (Å²) in [6, 6.07) is 0. The van der Waals surface area contributed by atoms with E-state index in [-0.39, 0.29) is 12.4 Å². The Labute approximate surface area is 47.7 Å². The molecule has 0 aromatic carbocycles. The summed E-state index contributed by atoms with van der Waals surface area (Å²) in [7, 11) is 0. The lowest BCUT2D eigenvalue weighted by Gasteiger charge is -1.59. The lowest BCUT2D eigenvalue weighted by molar-refractivity contribution is -0.134. The van der Waals surface area contributed by atoms with Crippen molar-refractivity contribution in [1.29, 1.82) is 0 Å². The van der Waals surface area contributed by atoms with Gasteiger partial charge in [0.05, 0.1) is 0 Å². The largest absolute Gasteiger partial charge is 0.481 e. The Kier molecular flexibility index (Phi) is 41.5. The van der Waals surface area contributed by atoms with Crippen LogP contribution in [0.5, 0.6) is 0 Å². The van der Waals surface area contributed by atoms with Gasteiger partial charge in [0.1, 0.15) is 6.79 Å². The van der Waals surface area contributed by atoms with E-state index in [1.165, 1.54) is 0 Å². The first-order valence-electron chi connectivity index (χ1n) is 1.22. The van der Waals surface area contributed by atoms with Gasteiger partial charge in [0.2, 0.25) is 0 Å². The van der Waals surface area contributed by atoms with Gasteiger partial charge in [0.25, 0.3) is 5.97 Å². The molecule has 44 valence electrons. The topological polar surface area (TPSA) is 54.4 Å². The summed E-state index contributed by atoms with van der Waals surface area (Å²) in [6.45, 7) is 3.08. The molecule has 3 nitrogen and oxygen atoms in total.